The van der Waals surface area contributed by atoms with Crippen molar-refractivity contribution in [2.75, 3.05) is 0 Å². The molecule has 4 unspecified atom stereocenters. The molecule has 1 aliphatic carbocycles. The van der Waals surface area contributed by atoms with Crippen molar-refractivity contribution in [1.29, 1.82) is 0 Å². The molecule has 0 radical (unpaired) electrons. The summed E-state index contributed by atoms with van der Waals surface area (Å²) in [5.74, 6) is 0.677. The molecule has 113 heavy (non-hydrogen) atoms. The summed E-state index contributed by atoms with van der Waals surface area (Å²) in [6.45, 7) is 25.7. The molecule has 0 heterocycles. The first-order chi connectivity index (χ1) is 55.7. The third kappa shape index (κ3) is 30.4. The Morgan fingerprint density at radius 2 is 0.460 bits per heavy atom. The first-order valence-corrected chi connectivity index (χ1v) is 51.1. The summed E-state index contributed by atoms with van der Waals surface area (Å²) in [7, 11) is 0. The Labute approximate surface area is 705 Å². The fourth-order valence-electron chi connectivity index (χ4n) is 23.3. The van der Waals surface area contributed by atoms with Crippen molar-refractivity contribution in [2.24, 2.45) is 17.3 Å². The van der Waals surface area contributed by atoms with E-state index in [2.05, 4.69) is 191 Å². The second-order valence-corrected chi connectivity index (χ2v) is 37.9. The van der Waals surface area contributed by atoms with Crippen LogP contribution in [-0.4, -0.2) is 0 Å². The van der Waals surface area contributed by atoms with Crippen molar-refractivity contribution in [3.63, 3.8) is 0 Å². The Bertz CT molecular complexity index is 3020. The van der Waals surface area contributed by atoms with E-state index in [-0.39, 0.29) is 21.7 Å². The number of hydrogen-bond acceptors (Lipinski definition) is 0. The van der Waals surface area contributed by atoms with E-state index in [4.69, 9.17) is 0 Å². The predicted octanol–water partition coefficient (Wildman–Crippen LogP) is 38.4. The van der Waals surface area contributed by atoms with Crippen LogP contribution in [0.4, 0.5) is 0 Å². The Morgan fingerprint density at radius 1 is 0.212 bits per heavy atom. The van der Waals surface area contributed by atoms with E-state index in [1.54, 1.807) is 33.4 Å². The topological polar surface area (TPSA) is 0 Å². The van der Waals surface area contributed by atoms with Crippen LogP contribution in [0.5, 0.6) is 0 Å². The van der Waals surface area contributed by atoms with Gasteiger partial charge in [0.1, 0.15) is 0 Å². The molecule has 0 aromatic heterocycles. The van der Waals surface area contributed by atoms with Crippen molar-refractivity contribution in [2.45, 2.75) is 516 Å². The highest BCUT2D eigenvalue weighted by Gasteiger charge is 2.76. The average molecular weight is 1540 g/mol. The van der Waals surface area contributed by atoms with Gasteiger partial charge < -0.3 is 0 Å². The van der Waals surface area contributed by atoms with Gasteiger partial charge in [-0.1, -0.05) is 569 Å². The fraction of sp³-hybridized carbons (Fsp3) is 0.735. The van der Waals surface area contributed by atoms with E-state index in [9.17, 15) is 0 Å². The Hall–Kier alpha value is -3.90. The number of benzene rings is 5. The average Bonchev–Trinajstić information content (AvgIpc) is 0.635. The summed E-state index contributed by atoms with van der Waals surface area (Å²) in [6.07, 6.45) is 91.1. The number of fused-ring (bicyclic) bond motifs is 1. The molecule has 0 spiro atoms. The monoisotopic (exact) mass is 1540 g/mol. The highest BCUT2D eigenvalue weighted by molar-refractivity contribution is 5.89. The summed E-state index contributed by atoms with van der Waals surface area (Å²) in [4.78, 5) is 0. The highest BCUT2D eigenvalue weighted by Crippen LogP contribution is 2.79. The minimum atomic E-state index is -0.360. The lowest BCUT2D eigenvalue weighted by molar-refractivity contribution is -0.117. The van der Waals surface area contributed by atoms with Crippen molar-refractivity contribution < 1.29 is 0 Å². The lowest BCUT2D eigenvalue weighted by atomic mass is 9.27. The van der Waals surface area contributed by atoms with Crippen molar-refractivity contribution in [3.8, 4) is 22.3 Å². The molecule has 5 aromatic rings. The maximum absolute atomic E-state index is 2.87. The van der Waals surface area contributed by atoms with Crippen LogP contribution in [0, 0.1) is 17.3 Å². The summed E-state index contributed by atoms with van der Waals surface area (Å²) >= 11 is 0. The normalized spacial score (nSPS) is 17.7. The van der Waals surface area contributed by atoms with Crippen LogP contribution in [0.1, 0.15) is 520 Å². The van der Waals surface area contributed by atoms with Gasteiger partial charge in [0.25, 0.3) is 0 Å². The van der Waals surface area contributed by atoms with Gasteiger partial charge in [0.05, 0.1) is 0 Å². The van der Waals surface area contributed by atoms with E-state index >= 15 is 0 Å². The predicted molar refractivity (Wildman–Crippen MR) is 508 cm³/mol. The molecule has 0 heteroatoms. The molecule has 0 fully saturated rings. The van der Waals surface area contributed by atoms with Crippen LogP contribution in [0.15, 0.2) is 121 Å². The molecule has 5 aromatic carbocycles. The van der Waals surface area contributed by atoms with Crippen LogP contribution < -0.4 is 0 Å². The van der Waals surface area contributed by atoms with Crippen molar-refractivity contribution >= 4 is 0 Å². The smallest absolute Gasteiger partial charge is 0.0299 e. The molecule has 0 bridgehead atoms. The van der Waals surface area contributed by atoms with Gasteiger partial charge in [0.2, 0.25) is 0 Å². The molecule has 6 rings (SSSR count). The molecule has 638 valence electrons. The second-order valence-electron chi connectivity index (χ2n) is 37.9. The van der Waals surface area contributed by atoms with E-state index in [1.165, 1.54) is 428 Å². The third-order valence-electron chi connectivity index (χ3n) is 28.9. The van der Waals surface area contributed by atoms with Gasteiger partial charge in [-0.2, -0.15) is 0 Å². The number of hydrogen-bond donors (Lipinski definition) is 0. The van der Waals surface area contributed by atoms with Gasteiger partial charge >= 0.3 is 0 Å². The maximum atomic E-state index is 2.87. The maximum Gasteiger partial charge on any atom is 0.0299 e. The Morgan fingerprint density at radius 3 is 0.761 bits per heavy atom. The molecular weight excluding hydrogens is 1360 g/mol. The summed E-state index contributed by atoms with van der Waals surface area (Å²) in [5, 5.41) is 0. The number of unbranched alkanes of at least 4 members (excludes halogenated alkanes) is 55. The quantitative estimate of drug-likeness (QED) is 0.0340. The van der Waals surface area contributed by atoms with Crippen LogP contribution in [0.3, 0.4) is 0 Å². The first-order valence-electron chi connectivity index (χ1n) is 51.1. The molecule has 0 amide bonds. The van der Waals surface area contributed by atoms with Crippen LogP contribution in [-0.2, 0) is 29.1 Å². The summed E-state index contributed by atoms with van der Waals surface area (Å²) in [6, 6.07) is 51.3. The molecule has 1 aliphatic rings. The van der Waals surface area contributed by atoms with E-state index in [1.807, 2.05) is 11.1 Å². The summed E-state index contributed by atoms with van der Waals surface area (Å²) < 4.78 is 0. The standard InChI is InChI=1S/C113H186/c1-11-17-23-29-35-40-44-46-49-51-55-60-78-92-104-106(100-84-70-66-71-85-100)105(93-79-61-56-52-48-42-37-31-25-19-13-3)108-109(107(104)101-86-72-67-73-87-101)110(94-80-62-34-28-22-16-6,95-81-63-57-39-33-27-21-15-5)112(102-88-74-68-75-89-102,97-83-65-59-54-50-47-45-41-36-30-24-18-12-2)111(98(7)8,96-82-64-58-53-43-38-32-26-20-14-4)113(108,99(9)10)103-90-76-69-77-91-103/h66-77,84-91,98-99H,11-65,78-83,92-97H2,1-10H3. The lowest BCUT2D eigenvalue weighted by Crippen LogP contribution is -2.74. The van der Waals surface area contributed by atoms with Gasteiger partial charge in [-0.3, -0.25) is 0 Å². The largest absolute Gasteiger partial charge is 0.0654 e. The molecule has 0 nitrogen and oxygen atoms in total. The van der Waals surface area contributed by atoms with Gasteiger partial charge in [-0.25, -0.2) is 0 Å². The van der Waals surface area contributed by atoms with Crippen LogP contribution in [0.2, 0.25) is 0 Å². The Kier molecular flexibility index (Phi) is 52.5. The van der Waals surface area contributed by atoms with Crippen molar-refractivity contribution in [3.05, 3.63) is 155 Å². The zero-order chi connectivity index (χ0) is 80.4. The van der Waals surface area contributed by atoms with Crippen molar-refractivity contribution in [1.82, 2.24) is 0 Å². The fourth-order valence-corrected chi connectivity index (χ4v) is 23.3. The van der Waals surface area contributed by atoms with Gasteiger partial charge in [0.15, 0.2) is 0 Å². The Balaban J connectivity index is 1.82. The molecule has 0 saturated carbocycles. The minimum Gasteiger partial charge on any atom is -0.0654 e. The highest BCUT2D eigenvalue weighted by atomic mass is 14.8. The lowest BCUT2D eigenvalue weighted by Gasteiger charge is -2.75. The van der Waals surface area contributed by atoms with Gasteiger partial charge in [-0.05, 0) is 124 Å². The third-order valence-corrected chi connectivity index (χ3v) is 28.9. The SMILES string of the molecule is CCCCCCCCCCCCCCCc1c(-c2ccccc2)c(CCCCCCCCCCCCC)c2c(c1-c1ccccc1)C(CCCCCCCC)(CCCCCCCCCC)C(CCCCCCCCCCCCCCC)(c1ccccc1)C(CCCCCCCCCCCC)(C(C)C)C2(c1ccccc1)C(C)C. The minimum absolute atomic E-state index is 0.180. The molecule has 0 saturated heterocycles. The second kappa shape index (κ2) is 60.6. The molecule has 0 N–H and O–H groups in total. The molecule has 4 atom stereocenters. The number of rotatable bonds is 73. The van der Waals surface area contributed by atoms with E-state index in [0.29, 0.717) is 11.8 Å². The summed E-state index contributed by atoms with van der Waals surface area (Å²) in [5.41, 5.74) is 16.0. The van der Waals surface area contributed by atoms with E-state index < -0.39 is 0 Å². The van der Waals surface area contributed by atoms with Gasteiger partial charge in [-0.15, -0.1) is 0 Å². The van der Waals surface area contributed by atoms with E-state index in [0.717, 1.165) is 12.8 Å². The van der Waals surface area contributed by atoms with Crippen LogP contribution >= 0.6 is 0 Å². The zero-order valence-electron chi connectivity index (χ0n) is 77.1. The zero-order valence-corrected chi connectivity index (χ0v) is 77.1. The van der Waals surface area contributed by atoms with Gasteiger partial charge in [0, 0.05) is 16.2 Å². The molecular formula is C113H186. The van der Waals surface area contributed by atoms with Crippen LogP contribution in [0.25, 0.3) is 22.3 Å². The molecule has 0 aliphatic heterocycles. The first kappa shape index (κ1) is 97.9.